The van der Waals surface area contributed by atoms with E-state index >= 15 is 0 Å². The van der Waals surface area contributed by atoms with Crippen LogP contribution < -0.4 is 10.6 Å². The van der Waals surface area contributed by atoms with Crippen LogP contribution >= 0.6 is 0 Å². The van der Waals surface area contributed by atoms with Crippen molar-refractivity contribution in [2.75, 3.05) is 26.2 Å². The minimum Gasteiger partial charge on any atom is -0.450 e. The molecule has 3 heterocycles. The average Bonchev–Trinajstić information content (AvgIpc) is 3.19. The van der Waals surface area contributed by atoms with Gasteiger partial charge in [0.25, 0.3) is 5.91 Å². The third kappa shape index (κ3) is 5.69. The van der Waals surface area contributed by atoms with Gasteiger partial charge in [-0.3, -0.25) is 9.59 Å². The second kappa shape index (κ2) is 9.90. The first-order valence-electron chi connectivity index (χ1n) is 9.99. The van der Waals surface area contributed by atoms with E-state index < -0.39 is 0 Å². The van der Waals surface area contributed by atoms with E-state index in [1.807, 2.05) is 0 Å². The molecule has 0 aliphatic carbocycles. The van der Waals surface area contributed by atoms with Gasteiger partial charge in [-0.1, -0.05) is 0 Å². The van der Waals surface area contributed by atoms with Crippen LogP contribution in [0.5, 0.6) is 0 Å². The number of piperidine rings is 1. The van der Waals surface area contributed by atoms with Gasteiger partial charge in [-0.05, 0) is 38.3 Å². The Labute approximate surface area is 169 Å². The van der Waals surface area contributed by atoms with Crippen molar-refractivity contribution in [2.45, 2.75) is 38.6 Å². The highest BCUT2D eigenvalue weighted by molar-refractivity contribution is 5.94. The van der Waals surface area contributed by atoms with Crippen LogP contribution in [0.1, 0.15) is 43.0 Å². The first-order valence-corrected chi connectivity index (χ1v) is 9.99. The van der Waals surface area contributed by atoms with E-state index in [-0.39, 0.29) is 23.9 Å². The molecule has 0 aromatic carbocycles. The molecule has 1 aliphatic heterocycles. The van der Waals surface area contributed by atoms with Gasteiger partial charge in [0, 0.05) is 50.7 Å². The number of hydrogen-bond donors (Lipinski definition) is 2. The summed E-state index contributed by atoms with van der Waals surface area (Å²) in [5, 5.41) is 5.84. The lowest BCUT2D eigenvalue weighted by Crippen LogP contribution is -2.46. The summed E-state index contributed by atoms with van der Waals surface area (Å²) in [6.45, 7) is 3.74. The number of nitrogens with one attached hydrogen (secondary N) is 2. The number of ether oxygens (including phenoxy) is 1. The first-order chi connectivity index (χ1) is 14.1. The Balaban J connectivity index is 1.32. The Morgan fingerprint density at radius 3 is 2.79 bits per heavy atom. The molecule has 0 bridgehead atoms. The van der Waals surface area contributed by atoms with Gasteiger partial charge in [-0.2, -0.15) is 0 Å². The fraction of sp³-hybridized carbons (Fsp3) is 0.500. The number of carbonyl (C=O) groups is 3. The number of amides is 3. The predicted octanol–water partition coefficient (Wildman–Crippen LogP) is 1.58. The molecular formula is C20H27N5O4. The molecule has 2 N–H and O–H groups in total. The monoisotopic (exact) mass is 401 g/mol. The van der Waals surface area contributed by atoms with E-state index in [9.17, 15) is 14.4 Å². The maximum atomic E-state index is 12.2. The fourth-order valence-electron chi connectivity index (χ4n) is 3.33. The van der Waals surface area contributed by atoms with Crippen molar-refractivity contribution in [1.82, 2.24) is 24.9 Å². The second-order valence-corrected chi connectivity index (χ2v) is 7.00. The molecule has 3 amide bonds. The van der Waals surface area contributed by atoms with Gasteiger partial charge in [-0.15, -0.1) is 0 Å². The van der Waals surface area contributed by atoms with E-state index in [1.54, 1.807) is 46.9 Å². The zero-order valence-corrected chi connectivity index (χ0v) is 16.6. The van der Waals surface area contributed by atoms with Gasteiger partial charge in [0.05, 0.1) is 12.2 Å². The molecular weight excluding hydrogens is 374 g/mol. The van der Waals surface area contributed by atoms with Crippen molar-refractivity contribution in [3.63, 3.8) is 0 Å². The third-order valence-corrected chi connectivity index (χ3v) is 4.90. The molecule has 9 heteroatoms. The standard InChI is InChI=1S/C20H27N5O4/c1-2-29-20(28)24-11-7-16(8-12-24)23-18(26)4-3-9-22-19(27)15-5-6-17-21-10-13-25(17)14-15/h5-6,10,13-14,16H,2-4,7-9,11-12H2,1H3,(H,22,27)(H,23,26). The molecule has 1 saturated heterocycles. The number of pyridine rings is 1. The normalized spacial score (nSPS) is 14.6. The van der Waals surface area contributed by atoms with Crippen LogP contribution in [0, 0.1) is 0 Å². The van der Waals surface area contributed by atoms with Crippen LogP contribution in [0.25, 0.3) is 5.65 Å². The van der Waals surface area contributed by atoms with Crippen LogP contribution in [0.4, 0.5) is 4.79 Å². The molecule has 0 unspecified atom stereocenters. The Kier molecular flexibility index (Phi) is 7.04. The molecule has 1 fully saturated rings. The van der Waals surface area contributed by atoms with E-state index in [1.165, 1.54) is 0 Å². The number of imidazole rings is 1. The zero-order chi connectivity index (χ0) is 20.6. The largest absolute Gasteiger partial charge is 0.450 e. The number of aromatic nitrogens is 2. The summed E-state index contributed by atoms with van der Waals surface area (Å²) in [6, 6.07) is 3.59. The van der Waals surface area contributed by atoms with Gasteiger partial charge in [-0.25, -0.2) is 9.78 Å². The molecule has 9 nitrogen and oxygen atoms in total. The van der Waals surface area contributed by atoms with E-state index in [2.05, 4.69) is 15.6 Å². The quantitative estimate of drug-likeness (QED) is 0.686. The van der Waals surface area contributed by atoms with Crippen molar-refractivity contribution in [3.8, 4) is 0 Å². The summed E-state index contributed by atoms with van der Waals surface area (Å²) in [4.78, 5) is 41.8. The van der Waals surface area contributed by atoms with Gasteiger partial charge < -0.3 is 24.7 Å². The summed E-state index contributed by atoms with van der Waals surface area (Å²) in [5.41, 5.74) is 1.33. The number of hydrogen-bond acceptors (Lipinski definition) is 5. The molecule has 1 aliphatic rings. The molecule has 0 spiro atoms. The van der Waals surface area contributed by atoms with Crippen LogP contribution in [0.2, 0.25) is 0 Å². The first kappa shape index (κ1) is 20.6. The number of likely N-dealkylation sites (tertiary alicyclic amines) is 1. The fourth-order valence-corrected chi connectivity index (χ4v) is 3.33. The minimum atomic E-state index is -0.291. The third-order valence-electron chi connectivity index (χ3n) is 4.90. The van der Waals surface area contributed by atoms with E-state index in [0.29, 0.717) is 44.6 Å². The van der Waals surface area contributed by atoms with Gasteiger partial charge in [0.15, 0.2) is 0 Å². The number of carbonyl (C=O) groups excluding carboxylic acids is 3. The van der Waals surface area contributed by atoms with Crippen LogP contribution in [0.3, 0.4) is 0 Å². The molecule has 29 heavy (non-hydrogen) atoms. The summed E-state index contributed by atoms with van der Waals surface area (Å²) in [6.07, 6.45) is 7.25. The Bertz CT molecular complexity index is 857. The molecule has 0 atom stereocenters. The van der Waals surface area contributed by atoms with E-state index in [4.69, 9.17) is 4.74 Å². The summed E-state index contributed by atoms with van der Waals surface area (Å²) >= 11 is 0. The lowest BCUT2D eigenvalue weighted by Gasteiger charge is -2.31. The molecule has 3 rings (SSSR count). The number of fused-ring (bicyclic) bond motifs is 1. The molecule has 0 radical (unpaired) electrons. The van der Waals surface area contributed by atoms with E-state index in [0.717, 1.165) is 18.5 Å². The summed E-state index contributed by atoms with van der Waals surface area (Å²) < 4.78 is 6.78. The lowest BCUT2D eigenvalue weighted by atomic mass is 10.1. The molecule has 2 aromatic heterocycles. The van der Waals surface area contributed by atoms with Gasteiger partial charge in [0.2, 0.25) is 5.91 Å². The summed E-state index contributed by atoms with van der Waals surface area (Å²) in [5.74, 6) is -0.207. The molecule has 156 valence electrons. The number of rotatable bonds is 7. The topological polar surface area (TPSA) is 105 Å². The summed E-state index contributed by atoms with van der Waals surface area (Å²) in [7, 11) is 0. The SMILES string of the molecule is CCOC(=O)N1CCC(NC(=O)CCCNC(=O)c2ccc3nccn3c2)CC1. The van der Waals surface area contributed by atoms with Crippen molar-refractivity contribution in [3.05, 3.63) is 36.3 Å². The minimum absolute atomic E-state index is 0.0336. The second-order valence-electron chi connectivity index (χ2n) is 7.00. The predicted molar refractivity (Wildman–Crippen MR) is 107 cm³/mol. The molecule has 2 aromatic rings. The highest BCUT2D eigenvalue weighted by Crippen LogP contribution is 2.12. The Morgan fingerprint density at radius 1 is 1.24 bits per heavy atom. The van der Waals surface area contributed by atoms with Crippen LogP contribution in [0.15, 0.2) is 30.7 Å². The number of nitrogens with zero attached hydrogens (tertiary/aromatic N) is 3. The maximum absolute atomic E-state index is 12.2. The van der Waals surface area contributed by atoms with Crippen molar-refractivity contribution in [1.29, 1.82) is 0 Å². The van der Waals surface area contributed by atoms with Crippen molar-refractivity contribution in [2.24, 2.45) is 0 Å². The highest BCUT2D eigenvalue weighted by Gasteiger charge is 2.24. The van der Waals surface area contributed by atoms with Crippen LogP contribution in [-0.4, -0.2) is 64.5 Å². The van der Waals surface area contributed by atoms with Crippen LogP contribution in [-0.2, 0) is 9.53 Å². The molecule has 0 saturated carbocycles. The maximum Gasteiger partial charge on any atom is 0.409 e. The zero-order valence-electron chi connectivity index (χ0n) is 16.6. The smallest absolute Gasteiger partial charge is 0.409 e. The lowest BCUT2D eigenvalue weighted by molar-refractivity contribution is -0.122. The van der Waals surface area contributed by atoms with Gasteiger partial charge >= 0.3 is 6.09 Å². The Hall–Kier alpha value is -3.10. The van der Waals surface area contributed by atoms with Crippen molar-refractivity contribution >= 4 is 23.6 Å². The van der Waals surface area contributed by atoms with Gasteiger partial charge in [0.1, 0.15) is 5.65 Å². The average molecular weight is 401 g/mol. The highest BCUT2D eigenvalue weighted by atomic mass is 16.6. The van der Waals surface area contributed by atoms with Crippen molar-refractivity contribution < 1.29 is 19.1 Å². The Morgan fingerprint density at radius 2 is 2.03 bits per heavy atom.